The maximum absolute atomic E-state index is 2.55. The van der Waals surface area contributed by atoms with E-state index in [1.165, 1.54) is 111 Å². The van der Waals surface area contributed by atoms with Gasteiger partial charge in [-0.25, -0.2) is 0 Å². The normalized spacial score (nSPS) is 14.5. The van der Waals surface area contributed by atoms with Gasteiger partial charge in [-0.3, -0.25) is 0 Å². The molecule has 0 saturated heterocycles. The van der Waals surface area contributed by atoms with Crippen LogP contribution in [0.1, 0.15) is 72.2 Å². The van der Waals surface area contributed by atoms with Gasteiger partial charge in [0.25, 0.3) is 0 Å². The van der Waals surface area contributed by atoms with E-state index in [0.717, 1.165) is 34.1 Å². The second-order valence-electron chi connectivity index (χ2n) is 23.5. The van der Waals surface area contributed by atoms with Crippen molar-refractivity contribution in [2.45, 2.75) is 43.9 Å². The Morgan fingerprint density at radius 2 is 0.469 bits per heavy atom. The third kappa shape index (κ3) is 6.74. The molecule has 0 N–H and O–H groups in total. The highest BCUT2D eigenvalue weighted by Crippen LogP contribution is 2.65. The van der Waals surface area contributed by atoms with Crippen LogP contribution in [0.15, 0.2) is 279 Å². The molecule has 384 valence electrons. The molecule has 4 aliphatic carbocycles. The van der Waals surface area contributed by atoms with Gasteiger partial charge in [-0.05, 0) is 161 Å². The van der Waals surface area contributed by atoms with Crippen molar-refractivity contribution < 1.29 is 0 Å². The number of nitrogens with zero attached hydrogens (tertiary/aromatic N) is 2. The highest BCUT2D eigenvalue weighted by molar-refractivity contribution is 6.00. The summed E-state index contributed by atoms with van der Waals surface area (Å²) in [5.41, 5.74) is 31.4. The standard InChI is InChI=1S/C79H58N2/c1-77(2)67-33-17-11-29-59(67)63-43-39-53(47-71(63)77)80(75-37-21-15-27-57(75)51-23-7-5-8-24-51)55-41-45-65-66-46-42-56(50-74(66)79(73(65)49-55)69-35-19-13-31-61(69)62-32-14-20-36-70(62)79)81(76-38-22-16-28-58(76)52-25-9-6-10-26-52)54-40-44-64-60-30-12-18-34-68(60)78(3,4)72(64)48-54/h5-50H,1-4H3. The van der Waals surface area contributed by atoms with Crippen LogP contribution in [-0.4, -0.2) is 0 Å². The molecule has 16 rings (SSSR count). The first-order valence-electron chi connectivity index (χ1n) is 28.6. The van der Waals surface area contributed by atoms with Crippen molar-refractivity contribution in [2.75, 3.05) is 9.80 Å². The number of hydrogen-bond acceptors (Lipinski definition) is 2. The van der Waals surface area contributed by atoms with E-state index in [0.29, 0.717) is 0 Å². The predicted molar refractivity (Wildman–Crippen MR) is 338 cm³/mol. The Morgan fingerprint density at radius 3 is 0.840 bits per heavy atom. The number of hydrogen-bond donors (Lipinski definition) is 0. The topological polar surface area (TPSA) is 6.48 Å². The minimum Gasteiger partial charge on any atom is -0.310 e. The van der Waals surface area contributed by atoms with Crippen LogP contribution in [0.3, 0.4) is 0 Å². The minimum atomic E-state index is -0.651. The van der Waals surface area contributed by atoms with Crippen LogP contribution < -0.4 is 9.80 Å². The molecule has 0 unspecified atom stereocenters. The summed E-state index contributed by atoms with van der Waals surface area (Å²) in [7, 11) is 0. The average molecular weight is 1040 g/mol. The number of fused-ring (bicyclic) bond motifs is 16. The number of rotatable bonds is 8. The lowest BCUT2D eigenvalue weighted by atomic mass is 9.70. The smallest absolute Gasteiger partial charge is 0.0727 e. The second-order valence-corrected chi connectivity index (χ2v) is 23.5. The number of para-hydroxylation sites is 2. The Balaban J connectivity index is 0.944. The van der Waals surface area contributed by atoms with E-state index >= 15 is 0 Å². The molecule has 12 aromatic rings. The summed E-state index contributed by atoms with van der Waals surface area (Å²) in [6.07, 6.45) is 0. The third-order valence-electron chi connectivity index (χ3n) is 18.7. The monoisotopic (exact) mass is 1030 g/mol. The SMILES string of the molecule is CC1(C)c2ccccc2-c2ccc(N(c3ccc4c(c3)C3(c5ccccc5-c5ccccc53)c3cc(N(c5ccc6c(c5)C(C)(C)c5ccccc5-6)c5ccccc5-c5ccccc5)ccc3-4)c3ccccc3-c3ccccc3)cc21. The number of benzene rings is 12. The van der Waals surface area contributed by atoms with E-state index in [9.17, 15) is 0 Å². The van der Waals surface area contributed by atoms with E-state index in [-0.39, 0.29) is 10.8 Å². The Bertz CT molecular complexity index is 4250. The van der Waals surface area contributed by atoms with Gasteiger partial charge in [0.15, 0.2) is 0 Å². The molecule has 1 spiro atoms. The van der Waals surface area contributed by atoms with Gasteiger partial charge in [-0.15, -0.1) is 0 Å². The lowest BCUT2D eigenvalue weighted by Crippen LogP contribution is -2.26. The fourth-order valence-electron chi connectivity index (χ4n) is 15.0. The summed E-state index contributed by atoms with van der Waals surface area (Å²) in [4.78, 5) is 5.07. The van der Waals surface area contributed by atoms with Crippen LogP contribution in [0, 0.1) is 0 Å². The van der Waals surface area contributed by atoms with E-state index in [2.05, 4.69) is 317 Å². The molecule has 2 heteroatoms. The van der Waals surface area contributed by atoms with Crippen molar-refractivity contribution in [1.82, 2.24) is 0 Å². The molecule has 0 aromatic heterocycles. The van der Waals surface area contributed by atoms with Gasteiger partial charge in [0, 0.05) is 44.7 Å². The summed E-state index contributed by atoms with van der Waals surface area (Å²) in [6.45, 7) is 9.54. The van der Waals surface area contributed by atoms with Crippen molar-refractivity contribution in [2.24, 2.45) is 0 Å². The van der Waals surface area contributed by atoms with Crippen LogP contribution >= 0.6 is 0 Å². The fourth-order valence-corrected chi connectivity index (χ4v) is 15.0. The van der Waals surface area contributed by atoms with Gasteiger partial charge in [0.1, 0.15) is 0 Å². The molecule has 2 nitrogen and oxygen atoms in total. The maximum Gasteiger partial charge on any atom is 0.0727 e. The lowest BCUT2D eigenvalue weighted by molar-refractivity contribution is 0.660. The quantitative estimate of drug-likeness (QED) is 0.150. The summed E-state index contributed by atoms with van der Waals surface area (Å²) >= 11 is 0. The Kier molecular flexibility index (Phi) is 10.3. The molecule has 0 aliphatic heterocycles. The molecule has 0 atom stereocenters. The highest BCUT2D eigenvalue weighted by atomic mass is 15.2. The molecule has 0 fully saturated rings. The zero-order chi connectivity index (χ0) is 54.2. The van der Waals surface area contributed by atoms with Crippen molar-refractivity contribution in [3.63, 3.8) is 0 Å². The van der Waals surface area contributed by atoms with Crippen molar-refractivity contribution in [3.05, 3.63) is 324 Å². The molecular weight excluding hydrogens is 977 g/mol. The van der Waals surface area contributed by atoms with Crippen LogP contribution in [0.2, 0.25) is 0 Å². The van der Waals surface area contributed by atoms with Crippen LogP contribution in [0.4, 0.5) is 34.1 Å². The van der Waals surface area contributed by atoms with Gasteiger partial charge in [-0.2, -0.15) is 0 Å². The van der Waals surface area contributed by atoms with E-state index in [4.69, 9.17) is 0 Å². The Morgan fingerprint density at radius 1 is 0.210 bits per heavy atom. The van der Waals surface area contributed by atoms with Gasteiger partial charge in [-0.1, -0.05) is 246 Å². The minimum absolute atomic E-state index is 0.179. The van der Waals surface area contributed by atoms with Crippen molar-refractivity contribution >= 4 is 34.1 Å². The van der Waals surface area contributed by atoms with Crippen LogP contribution in [-0.2, 0) is 16.2 Å². The molecular formula is C79H58N2. The van der Waals surface area contributed by atoms with E-state index in [1.54, 1.807) is 0 Å². The maximum atomic E-state index is 2.55. The van der Waals surface area contributed by atoms with Crippen molar-refractivity contribution in [3.8, 4) is 66.8 Å². The predicted octanol–water partition coefficient (Wildman–Crippen LogP) is 20.9. The molecule has 12 aromatic carbocycles. The fraction of sp³-hybridized carbons (Fsp3) is 0.0886. The van der Waals surface area contributed by atoms with Gasteiger partial charge >= 0.3 is 0 Å². The summed E-state index contributed by atoms with van der Waals surface area (Å²) in [5.74, 6) is 0. The molecule has 0 saturated carbocycles. The van der Waals surface area contributed by atoms with E-state index < -0.39 is 5.41 Å². The summed E-state index contributed by atoms with van der Waals surface area (Å²) in [5, 5.41) is 0. The first kappa shape index (κ1) is 47.3. The van der Waals surface area contributed by atoms with E-state index in [1.807, 2.05) is 0 Å². The highest BCUT2D eigenvalue weighted by Gasteiger charge is 2.52. The van der Waals surface area contributed by atoms with Crippen molar-refractivity contribution in [1.29, 1.82) is 0 Å². The Labute approximate surface area is 475 Å². The number of anilines is 6. The molecule has 4 aliphatic rings. The van der Waals surface area contributed by atoms with Crippen LogP contribution in [0.5, 0.6) is 0 Å². The lowest BCUT2D eigenvalue weighted by Gasteiger charge is -2.34. The molecule has 0 heterocycles. The second kappa shape index (κ2) is 17.6. The molecule has 0 amide bonds. The third-order valence-corrected chi connectivity index (χ3v) is 18.7. The Hall–Kier alpha value is -9.76. The van der Waals surface area contributed by atoms with Gasteiger partial charge in [0.05, 0.1) is 16.8 Å². The zero-order valence-electron chi connectivity index (χ0n) is 46.0. The average Bonchev–Trinajstić information content (AvgIpc) is 1.95. The molecule has 81 heavy (non-hydrogen) atoms. The largest absolute Gasteiger partial charge is 0.310 e. The summed E-state index contributed by atoms with van der Waals surface area (Å²) < 4.78 is 0. The summed E-state index contributed by atoms with van der Waals surface area (Å²) in [6, 6.07) is 105. The first-order chi connectivity index (χ1) is 39.7. The van der Waals surface area contributed by atoms with Gasteiger partial charge in [0.2, 0.25) is 0 Å². The molecule has 0 bridgehead atoms. The van der Waals surface area contributed by atoms with Gasteiger partial charge < -0.3 is 9.80 Å². The zero-order valence-corrected chi connectivity index (χ0v) is 46.0. The first-order valence-corrected chi connectivity index (χ1v) is 28.6. The van der Waals surface area contributed by atoms with Crippen LogP contribution in [0.25, 0.3) is 66.8 Å². The molecule has 0 radical (unpaired) electrons.